The normalized spacial score (nSPS) is 10.8. The fraction of sp³-hybridized carbons (Fsp3) is 0.385. The Hall–Kier alpha value is -1.20. The van der Waals surface area contributed by atoms with E-state index >= 15 is 0 Å². The number of aliphatic hydroxyl groups excluding tert-OH is 1. The molecular formula is C13H15BrN2O2. The molecule has 0 aliphatic carbocycles. The Morgan fingerprint density at radius 3 is 2.89 bits per heavy atom. The van der Waals surface area contributed by atoms with Gasteiger partial charge in [-0.15, -0.1) is 0 Å². The van der Waals surface area contributed by atoms with Crippen LogP contribution in [0.25, 0.3) is 11.4 Å². The summed E-state index contributed by atoms with van der Waals surface area (Å²) in [6.45, 7) is 2.23. The molecule has 0 amide bonds. The summed E-state index contributed by atoms with van der Waals surface area (Å²) in [4.78, 5) is 4.34. The minimum Gasteiger partial charge on any atom is -0.396 e. The standard InChI is InChI=1S/C13H15BrN2O2/c1-9-5-6-10(8-11(9)14)13-15-12(18-16-13)4-2-3-7-17/h5-6,8,17H,2-4,7H2,1H3. The van der Waals surface area contributed by atoms with Crippen LogP contribution in [0.1, 0.15) is 24.3 Å². The molecule has 1 N–H and O–H groups in total. The van der Waals surface area contributed by atoms with Crippen LogP contribution in [0.2, 0.25) is 0 Å². The number of aromatic nitrogens is 2. The van der Waals surface area contributed by atoms with E-state index in [1.54, 1.807) is 0 Å². The molecule has 18 heavy (non-hydrogen) atoms. The van der Waals surface area contributed by atoms with Gasteiger partial charge >= 0.3 is 0 Å². The number of nitrogens with zero attached hydrogens (tertiary/aromatic N) is 2. The second kappa shape index (κ2) is 6.11. The van der Waals surface area contributed by atoms with Gasteiger partial charge in [-0.2, -0.15) is 4.98 Å². The number of benzene rings is 1. The first kappa shape index (κ1) is 13.2. The first-order valence-corrected chi connectivity index (χ1v) is 6.70. The summed E-state index contributed by atoms with van der Waals surface area (Å²) in [6, 6.07) is 5.97. The Morgan fingerprint density at radius 2 is 2.17 bits per heavy atom. The highest BCUT2D eigenvalue weighted by Crippen LogP contribution is 2.23. The molecule has 0 spiro atoms. The third-order valence-corrected chi connectivity index (χ3v) is 3.55. The van der Waals surface area contributed by atoms with Crippen LogP contribution in [0.15, 0.2) is 27.2 Å². The van der Waals surface area contributed by atoms with E-state index in [9.17, 15) is 0 Å². The van der Waals surface area contributed by atoms with Crippen molar-refractivity contribution in [2.45, 2.75) is 26.2 Å². The topological polar surface area (TPSA) is 59.2 Å². The van der Waals surface area contributed by atoms with Gasteiger partial charge in [-0.3, -0.25) is 0 Å². The largest absolute Gasteiger partial charge is 0.396 e. The summed E-state index contributed by atoms with van der Waals surface area (Å²) in [6.07, 6.45) is 2.32. The van der Waals surface area contributed by atoms with Crippen molar-refractivity contribution in [3.05, 3.63) is 34.1 Å². The van der Waals surface area contributed by atoms with Gasteiger partial charge in [0.05, 0.1) is 0 Å². The van der Waals surface area contributed by atoms with Crippen LogP contribution in [0.5, 0.6) is 0 Å². The predicted molar refractivity (Wildman–Crippen MR) is 72.2 cm³/mol. The Labute approximate surface area is 114 Å². The van der Waals surface area contributed by atoms with E-state index in [4.69, 9.17) is 9.63 Å². The van der Waals surface area contributed by atoms with E-state index in [1.165, 1.54) is 5.56 Å². The van der Waals surface area contributed by atoms with Crippen molar-refractivity contribution in [2.75, 3.05) is 6.61 Å². The van der Waals surface area contributed by atoms with Crippen molar-refractivity contribution in [1.29, 1.82) is 0 Å². The number of aliphatic hydroxyl groups is 1. The third kappa shape index (κ3) is 3.17. The van der Waals surface area contributed by atoms with E-state index < -0.39 is 0 Å². The number of aryl methyl sites for hydroxylation is 2. The molecule has 0 fully saturated rings. The van der Waals surface area contributed by atoms with Gasteiger partial charge in [0.2, 0.25) is 11.7 Å². The number of unbranched alkanes of at least 4 members (excludes halogenated alkanes) is 1. The zero-order chi connectivity index (χ0) is 13.0. The molecule has 0 aliphatic rings. The van der Waals surface area contributed by atoms with Gasteiger partial charge < -0.3 is 9.63 Å². The molecule has 0 saturated heterocycles. The van der Waals surface area contributed by atoms with Crippen molar-refractivity contribution >= 4 is 15.9 Å². The van der Waals surface area contributed by atoms with E-state index in [1.807, 2.05) is 25.1 Å². The molecule has 0 aliphatic heterocycles. The van der Waals surface area contributed by atoms with Crippen LogP contribution < -0.4 is 0 Å². The molecule has 2 aromatic rings. The van der Waals surface area contributed by atoms with Crippen LogP contribution >= 0.6 is 15.9 Å². The third-order valence-electron chi connectivity index (χ3n) is 2.70. The lowest BCUT2D eigenvalue weighted by molar-refractivity contribution is 0.281. The summed E-state index contributed by atoms with van der Waals surface area (Å²) in [5.74, 6) is 1.23. The molecule has 1 aromatic heterocycles. The zero-order valence-corrected chi connectivity index (χ0v) is 11.8. The Kier molecular flexibility index (Phi) is 4.49. The maximum atomic E-state index is 8.71. The smallest absolute Gasteiger partial charge is 0.226 e. The molecule has 0 unspecified atom stereocenters. The SMILES string of the molecule is Cc1ccc(-c2noc(CCCCO)n2)cc1Br. The van der Waals surface area contributed by atoms with E-state index in [0.29, 0.717) is 18.1 Å². The van der Waals surface area contributed by atoms with Crippen molar-refractivity contribution in [3.63, 3.8) is 0 Å². The highest BCUT2D eigenvalue weighted by molar-refractivity contribution is 9.10. The van der Waals surface area contributed by atoms with Crippen molar-refractivity contribution < 1.29 is 9.63 Å². The molecule has 4 nitrogen and oxygen atoms in total. The number of hydrogen-bond donors (Lipinski definition) is 1. The summed E-state index contributed by atoms with van der Waals surface area (Å²) in [5.41, 5.74) is 2.11. The van der Waals surface area contributed by atoms with Gasteiger partial charge in [-0.05, 0) is 31.4 Å². The molecule has 0 atom stereocenters. The summed E-state index contributed by atoms with van der Waals surface area (Å²) in [5, 5.41) is 12.7. The van der Waals surface area contributed by atoms with E-state index in [0.717, 1.165) is 22.9 Å². The lowest BCUT2D eigenvalue weighted by atomic mass is 10.1. The second-order valence-electron chi connectivity index (χ2n) is 4.16. The van der Waals surface area contributed by atoms with Gasteiger partial charge in [0.15, 0.2) is 0 Å². The molecule has 0 bridgehead atoms. The Bertz CT molecular complexity index is 525. The minimum absolute atomic E-state index is 0.200. The summed E-state index contributed by atoms with van der Waals surface area (Å²) in [7, 11) is 0. The minimum atomic E-state index is 0.200. The highest BCUT2D eigenvalue weighted by atomic mass is 79.9. The van der Waals surface area contributed by atoms with Crippen molar-refractivity contribution in [1.82, 2.24) is 10.1 Å². The highest BCUT2D eigenvalue weighted by Gasteiger charge is 2.09. The fourth-order valence-electron chi connectivity index (χ4n) is 1.59. The number of hydrogen-bond acceptors (Lipinski definition) is 4. The molecule has 0 radical (unpaired) electrons. The first-order chi connectivity index (χ1) is 8.70. The van der Waals surface area contributed by atoms with Gasteiger partial charge in [-0.25, -0.2) is 0 Å². The van der Waals surface area contributed by atoms with E-state index in [2.05, 4.69) is 26.1 Å². The average molecular weight is 311 g/mol. The zero-order valence-electron chi connectivity index (χ0n) is 10.2. The lowest BCUT2D eigenvalue weighted by Crippen LogP contribution is -1.89. The van der Waals surface area contributed by atoms with Gasteiger partial charge in [0.25, 0.3) is 0 Å². The van der Waals surface area contributed by atoms with Gasteiger partial charge in [0, 0.05) is 23.1 Å². The van der Waals surface area contributed by atoms with Crippen LogP contribution in [0, 0.1) is 6.92 Å². The molecule has 5 heteroatoms. The van der Waals surface area contributed by atoms with Crippen LogP contribution in [0.3, 0.4) is 0 Å². The summed E-state index contributed by atoms with van der Waals surface area (Å²) >= 11 is 3.49. The summed E-state index contributed by atoms with van der Waals surface area (Å²) < 4.78 is 6.21. The van der Waals surface area contributed by atoms with Gasteiger partial charge in [-0.1, -0.05) is 33.2 Å². The van der Waals surface area contributed by atoms with Crippen LogP contribution in [0.4, 0.5) is 0 Å². The monoisotopic (exact) mass is 310 g/mol. The van der Waals surface area contributed by atoms with Crippen LogP contribution in [-0.2, 0) is 6.42 Å². The number of rotatable bonds is 5. The molecule has 96 valence electrons. The Balaban J connectivity index is 2.11. The first-order valence-electron chi connectivity index (χ1n) is 5.90. The van der Waals surface area contributed by atoms with E-state index in [-0.39, 0.29) is 6.61 Å². The van der Waals surface area contributed by atoms with Gasteiger partial charge in [0.1, 0.15) is 0 Å². The lowest BCUT2D eigenvalue weighted by Gasteiger charge is -1.99. The molecule has 0 saturated carbocycles. The molecular weight excluding hydrogens is 296 g/mol. The molecule has 2 rings (SSSR count). The maximum Gasteiger partial charge on any atom is 0.226 e. The maximum absolute atomic E-state index is 8.71. The second-order valence-corrected chi connectivity index (χ2v) is 5.01. The quantitative estimate of drug-likeness (QED) is 0.862. The van der Waals surface area contributed by atoms with Crippen LogP contribution in [-0.4, -0.2) is 21.9 Å². The number of halogens is 1. The Morgan fingerprint density at radius 1 is 1.33 bits per heavy atom. The molecule has 1 aromatic carbocycles. The fourth-order valence-corrected chi connectivity index (χ4v) is 1.97. The molecule has 1 heterocycles. The van der Waals surface area contributed by atoms with Crippen molar-refractivity contribution in [2.24, 2.45) is 0 Å². The predicted octanol–water partition coefficient (Wildman–Crippen LogP) is 3.12. The van der Waals surface area contributed by atoms with Crippen molar-refractivity contribution in [3.8, 4) is 11.4 Å². The average Bonchev–Trinajstić information content (AvgIpc) is 2.82.